The number of hydrogen-bond acceptors (Lipinski definition) is 5. The molecule has 0 aliphatic heterocycles. The molecule has 1 heterocycles. The highest BCUT2D eigenvalue weighted by Crippen LogP contribution is 2.31. The molecule has 0 aliphatic carbocycles. The standard InChI is InChI=1S/C15H19FN4O/c1-20(2)3-4-21-12-6-10(5-11(16)7-12)13-8-19-9-14(17)15(13)18/h5-9H,3-4,17H2,1-2H3,(H2,18,19). The van der Waals surface area contributed by atoms with Gasteiger partial charge in [0.25, 0.3) is 0 Å². The lowest BCUT2D eigenvalue weighted by Crippen LogP contribution is -2.19. The monoisotopic (exact) mass is 290 g/mol. The van der Waals surface area contributed by atoms with Crippen LogP contribution >= 0.6 is 0 Å². The van der Waals surface area contributed by atoms with Crippen molar-refractivity contribution in [2.24, 2.45) is 0 Å². The van der Waals surface area contributed by atoms with Gasteiger partial charge in [-0.1, -0.05) is 0 Å². The van der Waals surface area contributed by atoms with Gasteiger partial charge in [-0.25, -0.2) is 4.39 Å². The number of nitrogen functional groups attached to an aromatic ring is 2. The lowest BCUT2D eigenvalue weighted by Gasteiger charge is -2.13. The molecular weight excluding hydrogens is 271 g/mol. The van der Waals surface area contributed by atoms with E-state index in [9.17, 15) is 4.39 Å². The summed E-state index contributed by atoms with van der Waals surface area (Å²) in [6.45, 7) is 1.22. The first-order valence-electron chi connectivity index (χ1n) is 6.55. The molecule has 112 valence electrons. The fraction of sp³-hybridized carbons (Fsp3) is 0.267. The van der Waals surface area contributed by atoms with Crippen molar-refractivity contribution in [3.63, 3.8) is 0 Å². The van der Waals surface area contributed by atoms with E-state index >= 15 is 0 Å². The second-order valence-electron chi connectivity index (χ2n) is 5.02. The molecule has 0 spiro atoms. The number of rotatable bonds is 5. The minimum Gasteiger partial charge on any atom is -0.492 e. The molecule has 0 atom stereocenters. The zero-order valence-corrected chi connectivity index (χ0v) is 12.1. The summed E-state index contributed by atoms with van der Waals surface area (Å²) in [4.78, 5) is 5.98. The van der Waals surface area contributed by atoms with Crippen molar-refractivity contribution in [2.45, 2.75) is 0 Å². The van der Waals surface area contributed by atoms with Gasteiger partial charge in [-0.2, -0.15) is 0 Å². The van der Waals surface area contributed by atoms with Gasteiger partial charge >= 0.3 is 0 Å². The predicted molar refractivity (Wildman–Crippen MR) is 82.5 cm³/mol. The second-order valence-corrected chi connectivity index (χ2v) is 5.02. The molecule has 0 saturated heterocycles. The molecule has 0 radical (unpaired) electrons. The number of pyridine rings is 1. The van der Waals surface area contributed by atoms with Crippen molar-refractivity contribution in [3.05, 3.63) is 36.4 Å². The molecule has 2 aromatic rings. The molecule has 0 unspecified atom stereocenters. The van der Waals surface area contributed by atoms with Gasteiger partial charge < -0.3 is 21.1 Å². The van der Waals surface area contributed by atoms with Gasteiger partial charge in [0.2, 0.25) is 0 Å². The van der Waals surface area contributed by atoms with E-state index in [1.54, 1.807) is 12.3 Å². The summed E-state index contributed by atoms with van der Waals surface area (Å²) in [5.41, 5.74) is 13.6. The van der Waals surface area contributed by atoms with E-state index in [0.717, 1.165) is 6.54 Å². The number of ether oxygens (including phenoxy) is 1. The van der Waals surface area contributed by atoms with E-state index in [4.69, 9.17) is 16.2 Å². The quantitative estimate of drug-likeness (QED) is 0.880. The number of likely N-dealkylation sites (N-methyl/N-ethyl adjacent to an activating group) is 1. The van der Waals surface area contributed by atoms with Crippen molar-refractivity contribution < 1.29 is 9.13 Å². The molecule has 21 heavy (non-hydrogen) atoms. The van der Waals surface area contributed by atoms with Crippen LogP contribution in [0.3, 0.4) is 0 Å². The zero-order chi connectivity index (χ0) is 15.4. The van der Waals surface area contributed by atoms with Gasteiger partial charge in [0.05, 0.1) is 17.6 Å². The number of hydrogen-bond donors (Lipinski definition) is 2. The molecule has 2 rings (SSSR count). The summed E-state index contributed by atoms with van der Waals surface area (Å²) < 4.78 is 19.3. The third-order valence-corrected chi connectivity index (χ3v) is 3.01. The number of nitrogens with zero attached hydrogens (tertiary/aromatic N) is 2. The van der Waals surface area contributed by atoms with Crippen molar-refractivity contribution in [1.82, 2.24) is 9.88 Å². The third kappa shape index (κ3) is 3.82. The van der Waals surface area contributed by atoms with Gasteiger partial charge in [-0.05, 0) is 31.8 Å². The first-order valence-corrected chi connectivity index (χ1v) is 6.55. The van der Waals surface area contributed by atoms with Gasteiger partial charge in [0.15, 0.2) is 0 Å². The minimum absolute atomic E-state index is 0.367. The van der Waals surface area contributed by atoms with Crippen molar-refractivity contribution in [2.75, 3.05) is 38.7 Å². The van der Waals surface area contributed by atoms with Gasteiger partial charge in [-0.15, -0.1) is 0 Å². The summed E-state index contributed by atoms with van der Waals surface area (Å²) in [6.07, 6.45) is 3.02. The molecule has 4 N–H and O–H groups in total. The summed E-state index contributed by atoms with van der Waals surface area (Å²) in [6, 6.07) is 4.45. The Balaban J connectivity index is 2.28. The van der Waals surface area contributed by atoms with Crippen LogP contribution in [0.5, 0.6) is 5.75 Å². The van der Waals surface area contributed by atoms with Gasteiger partial charge in [-0.3, -0.25) is 4.98 Å². The molecule has 0 bridgehead atoms. The number of benzene rings is 1. The smallest absolute Gasteiger partial charge is 0.127 e. The maximum Gasteiger partial charge on any atom is 0.127 e. The first kappa shape index (κ1) is 15.1. The Kier molecular flexibility index (Phi) is 4.59. The van der Waals surface area contributed by atoms with E-state index in [-0.39, 0.29) is 0 Å². The van der Waals surface area contributed by atoms with Crippen LogP contribution in [0.1, 0.15) is 0 Å². The summed E-state index contributed by atoms with van der Waals surface area (Å²) >= 11 is 0. The Hall–Kier alpha value is -2.34. The Bertz CT molecular complexity index is 631. The van der Waals surface area contributed by atoms with E-state index in [1.807, 2.05) is 19.0 Å². The normalized spacial score (nSPS) is 10.9. The fourth-order valence-electron chi connectivity index (χ4n) is 1.86. The number of halogens is 1. The Morgan fingerprint density at radius 3 is 2.67 bits per heavy atom. The van der Waals surface area contributed by atoms with Gasteiger partial charge in [0, 0.05) is 24.4 Å². The van der Waals surface area contributed by atoms with Crippen LogP contribution in [-0.4, -0.2) is 37.1 Å². The van der Waals surface area contributed by atoms with E-state index in [1.165, 1.54) is 18.3 Å². The topological polar surface area (TPSA) is 77.4 Å². The number of nitrogens with two attached hydrogens (primary N) is 2. The highest BCUT2D eigenvalue weighted by Gasteiger charge is 2.09. The zero-order valence-electron chi connectivity index (χ0n) is 12.1. The Morgan fingerprint density at radius 1 is 1.19 bits per heavy atom. The third-order valence-electron chi connectivity index (χ3n) is 3.01. The van der Waals surface area contributed by atoms with Crippen LogP contribution in [0.15, 0.2) is 30.6 Å². The molecule has 1 aromatic heterocycles. The fourth-order valence-corrected chi connectivity index (χ4v) is 1.86. The van der Waals surface area contributed by atoms with Crippen molar-refractivity contribution >= 4 is 11.4 Å². The molecule has 0 fully saturated rings. The lowest BCUT2D eigenvalue weighted by molar-refractivity contribution is 0.260. The van der Waals surface area contributed by atoms with Crippen LogP contribution in [0.25, 0.3) is 11.1 Å². The van der Waals surface area contributed by atoms with Crippen molar-refractivity contribution in [1.29, 1.82) is 0 Å². The Labute approximate surface area is 123 Å². The van der Waals surface area contributed by atoms with Crippen LogP contribution in [0.2, 0.25) is 0 Å². The summed E-state index contributed by atoms with van der Waals surface area (Å²) in [5, 5.41) is 0. The summed E-state index contributed by atoms with van der Waals surface area (Å²) in [7, 11) is 3.89. The molecule has 1 aromatic carbocycles. The number of anilines is 2. The molecule has 5 nitrogen and oxygen atoms in total. The second kappa shape index (κ2) is 6.41. The maximum absolute atomic E-state index is 13.7. The molecular formula is C15H19FN4O. The Morgan fingerprint density at radius 2 is 1.95 bits per heavy atom. The van der Waals surface area contributed by atoms with Crippen LogP contribution < -0.4 is 16.2 Å². The average Bonchev–Trinajstić information content (AvgIpc) is 2.41. The highest BCUT2D eigenvalue weighted by molar-refractivity contribution is 5.83. The van der Waals surface area contributed by atoms with E-state index in [2.05, 4.69) is 4.98 Å². The van der Waals surface area contributed by atoms with Crippen LogP contribution in [-0.2, 0) is 0 Å². The minimum atomic E-state index is -0.394. The largest absolute Gasteiger partial charge is 0.492 e. The van der Waals surface area contributed by atoms with E-state index in [0.29, 0.717) is 34.9 Å². The maximum atomic E-state index is 13.7. The summed E-state index contributed by atoms with van der Waals surface area (Å²) in [5.74, 6) is 0.0582. The highest BCUT2D eigenvalue weighted by atomic mass is 19.1. The molecule has 0 aliphatic rings. The van der Waals surface area contributed by atoms with Gasteiger partial charge in [0.1, 0.15) is 18.2 Å². The van der Waals surface area contributed by atoms with E-state index < -0.39 is 5.82 Å². The molecule has 6 heteroatoms. The average molecular weight is 290 g/mol. The number of aromatic nitrogens is 1. The predicted octanol–water partition coefficient (Wildman–Crippen LogP) is 1.99. The van der Waals surface area contributed by atoms with Crippen molar-refractivity contribution in [3.8, 4) is 16.9 Å². The molecule has 0 amide bonds. The first-order chi connectivity index (χ1) is 9.97. The van der Waals surface area contributed by atoms with Crippen LogP contribution in [0.4, 0.5) is 15.8 Å². The lowest BCUT2D eigenvalue weighted by atomic mass is 10.0. The molecule has 0 saturated carbocycles. The SMILES string of the molecule is CN(C)CCOc1cc(F)cc(-c2cncc(N)c2N)c1. The van der Waals surface area contributed by atoms with Crippen LogP contribution in [0, 0.1) is 5.82 Å².